The van der Waals surface area contributed by atoms with Crippen molar-refractivity contribution in [1.29, 1.82) is 0 Å². The summed E-state index contributed by atoms with van der Waals surface area (Å²) < 4.78 is 10.2. The molecule has 1 heterocycles. The molecule has 30 heavy (non-hydrogen) atoms. The van der Waals surface area contributed by atoms with Crippen LogP contribution in [-0.2, 0) is 19.1 Å². The Kier molecular flexibility index (Phi) is 7.35. The Morgan fingerprint density at radius 3 is 2.10 bits per heavy atom. The van der Waals surface area contributed by atoms with Crippen LogP contribution in [0, 0.1) is 13.8 Å². The molecule has 0 spiro atoms. The predicted molar refractivity (Wildman–Crippen MR) is 110 cm³/mol. The van der Waals surface area contributed by atoms with Gasteiger partial charge in [-0.1, -0.05) is 0 Å². The Morgan fingerprint density at radius 1 is 1.00 bits per heavy atom. The minimum absolute atomic E-state index is 0.0925. The summed E-state index contributed by atoms with van der Waals surface area (Å²) in [7, 11) is 0. The number of aryl methyl sites for hydroxylation is 1. The zero-order valence-corrected chi connectivity index (χ0v) is 17.5. The number of benzene rings is 1. The highest BCUT2D eigenvalue weighted by Crippen LogP contribution is 2.20. The summed E-state index contributed by atoms with van der Waals surface area (Å²) in [5.74, 6) is -2.01. The molecular formula is C21H25N3O6. The molecule has 1 aromatic carbocycles. The number of carbonyl (C=O) groups excluding carboxylic acids is 4. The fourth-order valence-corrected chi connectivity index (χ4v) is 2.82. The van der Waals surface area contributed by atoms with E-state index >= 15 is 0 Å². The first-order valence-corrected chi connectivity index (χ1v) is 9.39. The van der Waals surface area contributed by atoms with Crippen LogP contribution in [0.5, 0.6) is 0 Å². The summed E-state index contributed by atoms with van der Waals surface area (Å²) in [5, 5.41) is 5.25. The van der Waals surface area contributed by atoms with E-state index in [9.17, 15) is 19.2 Å². The first-order chi connectivity index (χ1) is 14.1. The number of hydrogen-bond acceptors (Lipinski definition) is 6. The van der Waals surface area contributed by atoms with Crippen molar-refractivity contribution in [2.45, 2.75) is 40.7 Å². The van der Waals surface area contributed by atoms with Crippen LogP contribution in [-0.4, -0.2) is 41.4 Å². The number of ether oxygens (including phenoxy) is 2. The topological polar surface area (TPSA) is 127 Å². The molecule has 0 radical (unpaired) electrons. The van der Waals surface area contributed by atoms with Gasteiger partial charge in [-0.15, -0.1) is 0 Å². The number of esters is 2. The molecular weight excluding hydrogens is 390 g/mol. The van der Waals surface area contributed by atoms with Gasteiger partial charge in [0.25, 0.3) is 5.91 Å². The lowest BCUT2D eigenvalue weighted by Gasteiger charge is -2.14. The second kappa shape index (κ2) is 9.73. The van der Waals surface area contributed by atoms with Crippen LogP contribution >= 0.6 is 0 Å². The maximum absolute atomic E-state index is 12.5. The van der Waals surface area contributed by atoms with E-state index in [1.165, 1.54) is 13.8 Å². The molecule has 1 aromatic heterocycles. The van der Waals surface area contributed by atoms with E-state index in [1.807, 2.05) is 0 Å². The van der Waals surface area contributed by atoms with Crippen molar-refractivity contribution in [1.82, 2.24) is 4.98 Å². The minimum atomic E-state index is -1.08. The minimum Gasteiger partial charge on any atom is -0.462 e. The highest BCUT2D eigenvalue weighted by Gasteiger charge is 2.26. The Bertz CT molecular complexity index is 962. The molecule has 1 atom stereocenters. The predicted octanol–water partition coefficient (Wildman–Crippen LogP) is 2.95. The lowest BCUT2D eigenvalue weighted by Crippen LogP contribution is -2.30. The fourth-order valence-electron chi connectivity index (χ4n) is 2.82. The van der Waals surface area contributed by atoms with Gasteiger partial charge in [0.05, 0.1) is 12.2 Å². The molecule has 3 N–H and O–H groups in total. The molecule has 0 bridgehead atoms. The number of amides is 2. The number of hydrogen-bond donors (Lipinski definition) is 3. The van der Waals surface area contributed by atoms with Gasteiger partial charge in [-0.25, -0.2) is 9.59 Å². The van der Waals surface area contributed by atoms with E-state index in [4.69, 9.17) is 9.47 Å². The van der Waals surface area contributed by atoms with Crippen molar-refractivity contribution in [2.24, 2.45) is 0 Å². The second-order valence-corrected chi connectivity index (χ2v) is 6.64. The van der Waals surface area contributed by atoms with Gasteiger partial charge in [-0.2, -0.15) is 0 Å². The zero-order chi connectivity index (χ0) is 22.4. The molecule has 2 rings (SSSR count). The highest BCUT2D eigenvalue weighted by molar-refractivity contribution is 6.00. The van der Waals surface area contributed by atoms with Crippen LogP contribution in [0.4, 0.5) is 11.4 Å². The standard InChI is InChI=1S/C21H25N3O6/c1-6-29-20(27)17-11(2)18(22-12(17)3)21(28)30-13(4)19(26)24-16-9-7-15(8-10-16)23-14(5)25/h7-10,13,22H,6H2,1-5H3,(H,23,25)(H,24,26)/t13-/m0/s1. The molecule has 9 nitrogen and oxygen atoms in total. The van der Waals surface area contributed by atoms with E-state index in [-0.39, 0.29) is 23.8 Å². The second-order valence-electron chi connectivity index (χ2n) is 6.64. The van der Waals surface area contributed by atoms with Gasteiger partial charge in [0.15, 0.2) is 6.10 Å². The monoisotopic (exact) mass is 415 g/mol. The number of anilines is 2. The number of rotatable bonds is 7. The Morgan fingerprint density at radius 2 is 1.57 bits per heavy atom. The Hall–Kier alpha value is -3.62. The van der Waals surface area contributed by atoms with E-state index in [2.05, 4.69) is 15.6 Å². The summed E-state index contributed by atoms with van der Waals surface area (Å²) in [6.45, 7) is 8.00. The number of nitrogens with one attached hydrogen (secondary N) is 3. The summed E-state index contributed by atoms with van der Waals surface area (Å²) in [4.78, 5) is 50.8. The molecule has 2 amide bonds. The van der Waals surface area contributed by atoms with Crippen LogP contribution < -0.4 is 10.6 Å². The lowest BCUT2D eigenvalue weighted by molar-refractivity contribution is -0.123. The van der Waals surface area contributed by atoms with Crippen LogP contribution in [0.15, 0.2) is 24.3 Å². The zero-order valence-electron chi connectivity index (χ0n) is 17.5. The van der Waals surface area contributed by atoms with E-state index in [0.717, 1.165) is 0 Å². The third kappa shape index (κ3) is 5.47. The maximum atomic E-state index is 12.5. The first kappa shape index (κ1) is 22.7. The third-order valence-electron chi connectivity index (χ3n) is 4.25. The van der Waals surface area contributed by atoms with Crippen molar-refractivity contribution in [2.75, 3.05) is 17.2 Å². The van der Waals surface area contributed by atoms with E-state index < -0.39 is 23.9 Å². The molecule has 0 fully saturated rings. The number of aromatic amines is 1. The van der Waals surface area contributed by atoms with Gasteiger partial charge >= 0.3 is 11.9 Å². The average Bonchev–Trinajstić information content (AvgIpc) is 2.97. The normalized spacial score (nSPS) is 11.4. The maximum Gasteiger partial charge on any atom is 0.355 e. The Labute approximate surface area is 174 Å². The average molecular weight is 415 g/mol. The largest absolute Gasteiger partial charge is 0.462 e. The van der Waals surface area contributed by atoms with Gasteiger partial charge in [-0.05, 0) is 57.5 Å². The van der Waals surface area contributed by atoms with Crippen molar-refractivity contribution in [3.63, 3.8) is 0 Å². The van der Waals surface area contributed by atoms with Gasteiger partial charge in [0, 0.05) is 24.0 Å². The summed E-state index contributed by atoms with van der Waals surface area (Å²) in [6.07, 6.45) is -1.08. The van der Waals surface area contributed by atoms with Crippen LogP contribution in [0.25, 0.3) is 0 Å². The first-order valence-electron chi connectivity index (χ1n) is 9.39. The molecule has 2 aromatic rings. The van der Waals surface area contributed by atoms with Gasteiger partial charge in [0.2, 0.25) is 5.91 Å². The van der Waals surface area contributed by atoms with Crippen molar-refractivity contribution < 1.29 is 28.7 Å². The van der Waals surface area contributed by atoms with Gasteiger partial charge in [-0.3, -0.25) is 9.59 Å². The molecule has 0 saturated carbocycles. The summed E-state index contributed by atoms with van der Waals surface area (Å²) >= 11 is 0. The summed E-state index contributed by atoms with van der Waals surface area (Å²) in [6, 6.07) is 6.50. The van der Waals surface area contributed by atoms with Crippen LogP contribution in [0.1, 0.15) is 52.9 Å². The number of H-pyrrole nitrogens is 1. The van der Waals surface area contributed by atoms with Gasteiger partial charge in [0.1, 0.15) is 5.69 Å². The quantitative estimate of drug-likeness (QED) is 0.597. The molecule has 0 unspecified atom stereocenters. The molecule has 0 aliphatic carbocycles. The van der Waals surface area contributed by atoms with Crippen molar-refractivity contribution >= 4 is 35.1 Å². The fraction of sp³-hybridized carbons (Fsp3) is 0.333. The third-order valence-corrected chi connectivity index (χ3v) is 4.25. The van der Waals surface area contributed by atoms with Crippen molar-refractivity contribution in [3.05, 3.63) is 46.8 Å². The van der Waals surface area contributed by atoms with Crippen LogP contribution in [0.2, 0.25) is 0 Å². The molecule has 0 aliphatic rings. The SMILES string of the molecule is CCOC(=O)c1c(C)[nH]c(C(=O)O[C@@H](C)C(=O)Nc2ccc(NC(C)=O)cc2)c1C. The molecule has 160 valence electrons. The van der Waals surface area contributed by atoms with Crippen LogP contribution in [0.3, 0.4) is 0 Å². The van der Waals surface area contributed by atoms with Crippen molar-refractivity contribution in [3.8, 4) is 0 Å². The number of carbonyl (C=O) groups is 4. The molecule has 9 heteroatoms. The van der Waals surface area contributed by atoms with Gasteiger partial charge < -0.3 is 25.1 Å². The highest BCUT2D eigenvalue weighted by atomic mass is 16.5. The smallest absolute Gasteiger partial charge is 0.355 e. The molecule has 0 aliphatic heterocycles. The summed E-state index contributed by atoms with van der Waals surface area (Å²) in [5.41, 5.74) is 2.32. The lowest BCUT2D eigenvalue weighted by atomic mass is 10.1. The Balaban J connectivity index is 2.03. The molecule has 0 saturated heterocycles. The van der Waals surface area contributed by atoms with E-state index in [1.54, 1.807) is 45.0 Å². The van der Waals surface area contributed by atoms with E-state index in [0.29, 0.717) is 22.6 Å². The number of aromatic nitrogens is 1.